The standard InChI is InChI=1S/C14H17N3OS/c18-14-7-13(16-17-14)11-1-3-12(4-2-11)15-8-10-5-6-19-9-10/h1-4,7,10,15H,5-6,8-9H2,(H2,16,17,18). The third-order valence-electron chi connectivity index (χ3n) is 3.41. The van der Waals surface area contributed by atoms with E-state index >= 15 is 0 Å². The first-order valence-corrected chi connectivity index (χ1v) is 7.66. The predicted molar refractivity (Wildman–Crippen MR) is 80.8 cm³/mol. The monoisotopic (exact) mass is 275 g/mol. The van der Waals surface area contributed by atoms with E-state index in [1.807, 2.05) is 23.9 Å². The molecule has 1 fully saturated rings. The zero-order valence-corrected chi connectivity index (χ0v) is 11.4. The molecule has 1 atom stereocenters. The molecular formula is C14H17N3OS. The fraction of sp³-hybridized carbons (Fsp3) is 0.357. The van der Waals surface area contributed by atoms with Crippen LogP contribution in [0.3, 0.4) is 0 Å². The van der Waals surface area contributed by atoms with Gasteiger partial charge < -0.3 is 5.32 Å². The molecule has 0 bridgehead atoms. The van der Waals surface area contributed by atoms with Crippen molar-refractivity contribution in [1.82, 2.24) is 10.2 Å². The third-order valence-corrected chi connectivity index (χ3v) is 4.64. The lowest BCUT2D eigenvalue weighted by molar-refractivity contribution is 0.632. The van der Waals surface area contributed by atoms with Gasteiger partial charge >= 0.3 is 0 Å². The Kier molecular flexibility index (Phi) is 3.64. The Morgan fingerprint density at radius 2 is 2.11 bits per heavy atom. The van der Waals surface area contributed by atoms with Crippen molar-refractivity contribution >= 4 is 17.4 Å². The van der Waals surface area contributed by atoms with Gasteiger partial charge in [0.25, 0.3) is 5.56 Å². The van der Waals surface area contributed by atoms with Crippen molar-refractivity contribution < 1.29 is 0 Å². The summed E-state index contributed by atoms with van der Waals surface area (Å²) in [6.07, 6.45) is 1.32. The van der Waals surface area contributed by atoms with Crippen LogP contribution in [-0.4, -0.2) is 28.2 Å². The summed E-state index contributed by atoms with van der Waals surface area (Å²) in [6.45, 7) is 1.05. The van der Waals surface area contributed by atoms with Crippen molar-refractivity contribution in [1.29, 1.82) is 0 Å². The molecule has 0 spiro atoms. The molecule has 3 rings (SSSR count). The second-order valence-corrected chi connectivity index (χ2v) is 6.01. The fourth-order valence-corrected chi connectivity index (χ4v) is 3.55. The van der Waals surface area contributed by atoms with Crippen molar-refractivity contribution in [2.75, 3.05) is 23.4 Å². The summed E-state index contributed by atoms with van der Waals surface area (Å²) in [4.78, 5) is 11.1. The van der Waals surface area contributed by atoms with Crippen LogP contribution >= 0.6 is 11.8 Å². The molecule has 3 N–H and O–H groups in total. The van der Waals surface area contributed by atoms with Crippen LogP contribution < -0.4 is 10.9 Å². The van der Waals surface area contributed by atoms with E-state index in [0.717, 1.165) is 29.4 Å². The minimum Gasteiger partial charge on any atom is -0.385 e. The molecule has 0 saturated carbocycles. The normalized spacial score (nSPS) is 18.6. The van der Waals surface area contributed by atoms with Crippen LogP contribution in [0.4, 0.5) is 5.69 Å². The molecule has 1 aliphatic rings. The van der Waals surface area contributed by atoms with Gasteiger partial charge in [-0.25, -0.2) is 0 Å². The van der Waals surface area contributed by atoms with E-state index in [0.29, 0.717) is 0 Å². The smallest absolute Gasteiger partial charge is 0.264 e. The highest BCUT2D eigenvalue weighted by molar-refractivity contribution is 7.99. The summed E-state index contributed by atoms with van der Waals surface area (Å²) in [5, 5.41) is 8.88. The zero-order chi connectivity index (χ0) is 13.1. The lowest BCUT2D eigenvalue weighted by atomic mass is 10.1. The van der Waals surface area contributed by atoms with Gasteiger partial charge in [0.1, 0.15) is 0 Å². The Hall–Kier alpha value is -1.62. The first kappa shape index (κ1) is 12.4. The summed E-state index contributed by atoms with van der Waals surface area (Å²) >= 11 is 2.04. The van der Waals surface area contributed by atoms with Gasteiger partial charge in [-0.1, -0.05) is 12.1 Å². The molecule has 2 aromatic rings. The minimum absolute atomic E-state index is 0.101. The lowest BCUT2D eigenvalue weighted by Gasteiger charge is -2.11. The van der Waals surface area contributed by atoms with Crippen molar-refractivity contribution in [2.45, 2.75) is 6.42 Å². The number of rotatable bonds is 4. The number of aromatic nitrogens is 2. The number of benzene rings is 1. The Morgan fingerprint density at radius 3 is 2.74 bits per heavy atom. The van der Waals surface area contributed by atoms with E-state index in [1.165, 1.54) is 17.9 Å². The summed E-state index contributed by atoms with van der Waals surface area (Å²) in [7, 11) is 0. The number of thioether (sulfide) groups is 1. The number of hydrogen-bond donors (Lipinski definition) is 3. The highest BCUT2D eigenvalue weighted by Crippen LogP contribution is 2.24. The van der Waals surface area contributed by atoms with Gasteiger partial charge in [-0.2, -0.15) is 11.8 Å². The average Bonchev–Trinajstić information content (AvgIpc) is 3.08. The van der Waals surface area contributed by atoms with Crippen LogP contribution in [-0.2, 0) is 0 Å². The number of anilines is 1. The van der Waals surface area contributed by atoms with Gasteiger partial charge in [0.15, 0.2) is 0 Å². The SMILES string of the molecule is O=c1cc(-c2ccc(NCC3CCSC3)cc2)[nH][nH]1. The summed E-state index contributed by atoms with van der Waals surface area (Å²) < 4.78 is 0. The van der Waals surface area contributed by atoms with E-state index in [-0.39, 0.29) is 5.56 Å². The summed E-state index contributed by atoms with van der Waals surface area (Å²) in [6, 6.07) is 9.72. The molecule has 1 aromatic carbocycles. The average molecular weight is 275 g/mol. The molecule has 0 aliphatic carbocycles. The van der Waals surface area contributed by atoms with Crippen molar-refractivity contribution in [2.24, 2.45) is 5.92 Å². The van der Waals surface area contributed by atoms with E-state index in [2.05, 4.69) is 27.6 Å². The number of H-pyrrole nitrogens is 2. The molecule has 0 radical (unpaired) electrons. The second kappa shape index (κ2) is 5.57. The molecule has 2 heterocycles. The van der Waals surface area contributed by atoms with Crippen LogP contribution in [0.2, 0.25) is 0 Å². The molecule has 1 saturated heterocycles. The second-order valence-electron chi connectivity index (χ2n) is 4.86. The van der Waals surface area contributed by atoms with Gasteiger partial charge in [-0.3, -0.25) is 15.0 Å². The van der Waals surface area contributed by atoms with Crippen molar-refractivity contribution in [3.63, 3.8) is 0 Å². The molecule has 1 aromatic heterocycles. The Balaban J connectivity index is 1.63. The fourth-order valence-electron chi connectivity index (χ4n) is 2.26. The van der Waals surface area contributed by atoms with Crippen LogP contribution in [0, 0.1) is 5.92 Å². The minimum atomic E-state index is -0.101. The molecule has 1 unspecified atom stereocenters. The molecule has 1 aliphatic heterocycles. The van der Waals surface area contributed by atoms with Crippen molar-refractivity contribution in [3.05, 3.63) is 40.7 Å². The number of nitrogens with one attached hydrogen (secondary N) is 3. The van der Waals surface area contributed by atoms with E-state index in [4.69, 9.17) is 0 Å². The Bertz CT molecular complexity index is 581. The Morgan fingerprint density at radius 1 is 1.26 bits per heavy atom. The van der Waals surface area contributed by atoms with E-state index in [9.17, 15) is 4.79 Å². The van der Waals surface area contributed by atoms with Gasteiger partial charge in [0.2, 0.25) is 0 Å². The first-order chi connectivity index (χ1) is 9.31. The van der Waals surface area contributed by atoms with Crippen LogP contribution in [0.15, 0.2) is 35.1 Å². The first-order valence-electron chi connectivity index (χ1n) is 6.51. The van der Waals surface area contributed by atoms with Gasteiger partial charge in [-0.15, -0.1) is 0 Å². The summed E-state index contributed by atoms with van der Waals surface area (Å²) in [5.41, 5.74) is 2.87. The molecule has 5 heteroatoms. The van der Waals surface area contributed by atoms with E-state index < -0.39 is 0 Å². The predicted octanol–water partition coefficient (Wildman–Crippen LogP) is 2.53. The van der Waals surface area contributed by atoms with Gasteiger partial charge in [-0.05, 0) is 41.5 Å². The Labute approximate surface area is 116 Å². The van der Waals surface area contributed by atoms with Gasteiger partial charge in [0.05, 0.1) is 5.69 Å². The van der Waals surface area contributed by atoms with Crippen molar-refractivity contribution in [3.8, 4) is 11.3 Å². The molecule has 4 nitrogen and oxygen atoms in total. The topological polar surface area (TPSA) is 60.7 Å². The van der Waals surface area contributed by atoms with Crippen LogP contribution in [0.25, 0.3) is 11.3 Å². The van der Waals surface area contributed by atoms with Crippen LogP contribution in [0.1, 0.15) is 6.42 Å². The van der Waals surface area contributed by atoms with E-state index in [1.54, 1.807) is 6.07 Å². The lowest BCUT2D eigenvalue weighted by Crippen LogP contribution is -2.13. The third kappa shape index (κ3) is 3.04. The maximum atomic E-state index is 11.1. The quantitative estimate of drug-likeness (QED) is 0.803. The maximum Gasteiger partial charge on any atom is 0.264 e. The molecule has 100 valence electrons. The molecule has 19 heavy (non-hydrogen) atoms. The molecular weight excluding hydrogens is 258 g/mol. The highest BCUT2D eigenvalue weighted by atomic mass is 32.2. The summed E-state index contributed by atoms with van der Waals surface area (Å²) in [5.74, 6) is 3.37. The number of hydrogen-bond acceptors (Lipinski definition) is 3. The van der Waals surface area contributed by atoms with Gasteiger partial charge in [0, 0.05) is 18.3 Å². The van der Waals surface area contributed by atoms with Crippen LogP contribution in [0.5, 0.6) is 0 Å². The number of aromatic amines is 2. The largest absolute Gasteiger partial charge is 0.385 e. The molecule has 0 amide bonds. The maximum absolute atomic E-state index is 11.1. The zero-order valence-electron chi connectivity index (χ0n) is 10.6. The highest BCUT2D eigenvalue weighted by Gasteiger charge is 2.14.